The molecule has 5 atom stereocenters. The van der Waals surface area contributed by atoms with Crippen LogP contribution in [0.25, 0.3) is 5.52 Å². The number of pyridine rings is 1. The number of alkyl halides is 3. The molecular weight excluding hydrogens is 517 g/mol. The molecule has 0 amide bonds. The number of rotatable bonds is 6. The molecule has 0 spiro atoms. The first-order valence-electron chi connectivity index (χ1n) is 15.4. The molecular formula is C30H45F3N6O. The van der Waals surface area contributed by atoms with E-state index in [1.807, 2.05) is 0 Å². The van der Waals surface area contributed by atoms with Crippen LogP contribution in [0.5, 0.6) is 0 Å². The Morgan fingerprint density at radius 2 is 1.77 bits per heavy atom. The molecule has 4 unspecified atom stereocenters. The minimum absolute atomic E-state index is 0.0233. The van der Waals surface area contributed by atoms with Gasteiger partial charge in [-0.1, -0.05) is 32.6 Å². The van der Waals surface area contributed by atoms with Gasteiger partial charge in [-0.05, 0) is 94.0 Å². The lowest BCUT2D eigenvalue weighted by Gasteiger charge is -2.46. The summed E-state index contributed by atoms with van der Waals surface area (Å²) in [6.45, 7) is 5.24. The lowest BCUT2D eigenvalue weighted by molar-refractivity contribution is -0.136. The zero-order chi connectivity index (χ0) is 28.0. The quantitative estimate of drug-likeness (QED) is 0.506. The number of aromatic nitrogens is 2. The molecule has 222 valence electrons. The topological polar surface area (TPSA) is 57.0 Å². The number of hydrazine groups is 1. The number of fused-ring (bicyclic) bond motifs is 1. The second kappa shape index (κ2) is 11.4. The Bertz CT molecular complexity index is 1240. The molecule has 2 saturated heterocycles. The largest absolute Gasteiger partial charge is 0.418 e. The van der Waals surface area contributed by atoms with Crippen molar-refractivity contribution < 1.29 is 13.2 Å². The summed E-state index contributed by atoms with van der Waals surface area (Å²) >= 11 is 0. The SMILES string of the molecule is CC1CCCN(Cc2cc(C(F)(F)F)c3cn(C4CCCC([C@@H](C5CCC5)C5NNCN5C)C4)c(=O)n3c2)CC1. The Morgan fingerprint density at radius 3 is 2.48 bits per heavy atom. The van der Waals surface area contributed by atoms with Crippen LogP contribution in [0.3, 0.4) is 0 Å². The van der Waals surface area contributed by atoms with Gasteiger partial charge in [0.2, 0.25) is 0 Å². The fourth-order valence-electron chi connectivity index (χ4n) is 7.98. The first kappa shape index (κ1) is 28.2. The average Bonchev–Trinajstić information content (AvgIpc) is 3.39. The lowest BCUT2D eigenvalue weighted by Crippen LogP contribution is -2.50. The van der Waals surface area contributed by atoms with Gasteiger partial charge in [0.1, 0.15) is 0 Å². The Hall–Kier alpha value is -1.88. The molecule has 10 heteroatoms. The van der Waals surface area contributed by atoms with E-state index in [1.165, 1.54) is 35.9 Å². The lowest BCUT2D eigenvalue weighted by atomic mass is 9.65. The molecule has 40 heavy (non-hydrogen) atoms. The maximum atomic E-state index is 14.3. The van der Waals surface area contributed by atoms with Gasteiger partial charge in [-0.25, -0.2) is 15.6 Å². The summed E-state index contributed by atoms with van der Waals surface area (Å²) in [6.07, 6.45) is 9.66. The van der Waals surface area contributed by atoms with Gasteiger partial charge in [0.05, 0.1) is 23.9 Å². The fraction of sp³-hybridized carbons (Fsp3) is 0.767. The summed E-state index contributed by atoms with van der Waals surface area (Å²) in [6, 6.07) is 1.20. The van der Waals surface area contributed by atoms with Gasteiger partial charge in [0, 0.05) is 25.0 Å². The van der Waals surface area contributed by atoms with E-state index in [1.54, 1.807) is 10.8 Å². The number of halogens is 3. The van der Waals surface area contributed by atoms with Crippen molar-refractivity contribution in [1.29, 1.82) is 0 Å². The summed E-state index contributed by atoms with van der Waals surface area (Å²) in [4.78, 5) is 18.3. The van der Waals surface area contributed by atoms with E-state index in [2.05, 4.69) is 34.6 Å². The number of likely N-dealkylation sites (tertiary alicyclic amines) is 1. The molecule has 4 heterocycles. The molecule has 2 aromatic rings. The Balaban J connectivity index is 1.30. The van der Waals surface area contributed by atoms with Gasteiger partial charge in [0.15, 0.2) is 0 Å². The van der Waals surface area contributed by atoms with Crippen LogP contribution in [0.1, 0.15) is 88.3 Å². The number of imidazole rings is 1. The Morgan fingerprint density at radius 1 is 1.00 bits per heavy atom. The summed E-state index contributed by atoms with van der Waals surface area (Å²) in [5.74, 6) is 2.20. The van der Waals surface area contributed by atoms with Crippen molar-refractivity contribution in [2.45, 2.75) is 96.1 Å². The van der Waals surface area contributed by atoms with Crippen molar-refractivity contribution in [2.24, 2.45) is 23.7 Å². The van der Waals surface area contributed by atoms with Crippen LogP contribution in [-0.4, -0.2) is 51.7 Å². The van der Waals surface area contributed by atoms with Gasteiger partial charge < -0.3 is 0 Å². The zero-order valence-electron chi connectivity index (χ0n) is 23.9. The molecule has 4 aliphatic rings. The van der Waals surface area contributed by atoms with Gasteiger partial charge in [-0.3, -0.25) is 18.8 Å². The third kappa shape index (κ3) is 5.61. The molecule has 4 fully saturated rings. The van der Waals surface area contributed by atoms with E-state index < -0.39 is 11.7 Å². The maximum Gasteiger partial charge on any atom is 0.418 e. The molecule has 0 radical (unpaired) electrons. The van der Waals surface area contributed by atoms with Crippen LogP contribution in [0.2, 0.25) is 0 Å². The van der Waals surface area contributed by atoms with Crippen LogP contribution in [0.15, 0.2) is 23.3 Å². The molecule has 7 nitrogen and oxygen atoms in total. The molecule has 2 aliphatic heterocycles. The highest BCUT2D eigenvalue weighted by molar-refractivity contribution is 5.56. The van der Waals surface area contributed by atoms with Crippen LogP contribution in [0.4, 0.5) is 13.2 Å². The predicted molar refractivity (Wildman–Crippen MR) is 149 cm³/mol. The van der Waals surface area contributed by atoms with E-state index in [0.717, 1.165) is 64.7 Å². The van der Waals surface area contributed by atoms with Crippen molar-refractivity contribution in [3.8, 4) is 0 Å². The first-order chi connectivity index (χ1) is 19.2. The molecule has 2 N–H and O–H groups in total. The highest BCUT2D eigenvalue weighted by Crippen LogP contribution is 2.47. The Kier molecular flexibility index (Phi) is 8.07. The molecule has 2 aromatic heterocycles. The predicted octanol–water partition coefficient (Wildman–Crippen LogP) is 5.21. The zero-order valence-corrected chi connectivity index (χ0v) is 23.9. The third-order valence-corrected chi connectivity index (χ3v) is 10.4. The van der Waals surface area contributed by atoms with E-state index in [4.69, 9.17) is 0 Å². The van der Waals surface area contributed by atoms with Gasteiger partial charge in [0.25, 0.3) is 0 Å². The number of nitrogens with one attached hydrogen (secondary N) is 2. The van der Waals surface area contributed by atoms with E-state index in [9.17, 15) is 18.0 Å². The summed E-state index contributed by atoms with van der Waals surface area (Å²) in [5.41, 5.74) is 6.26. The highest BCUT2D eigenvalue weighted by Gasteiger charge is 2.44. The van der Waals surface area contributed by atoms with Gasteiger partial charge in [-0.15, -0.1) is 0 Å². The van der Waals surface area contributed by atoms with Crippen molar-refractivity contribution in [1.82, 2.24) is 29.6 Å². The molecule has 6 rings (SSSR count). The van der Waals surface area contributed by atoms with E-state index in [-0.39, 0.29) is 23.4 Å². The second-order valence-electron chi connectivity index (χ2n) is 13.2. The van der Waals surface area contributed by atoms with E-state index >= 15 is 0 Å². The summed E-state index contributed by atoms with van der Waals surface area (Å²) < 4.78 is 45.9. The molecule has 0 aromatic carbocycles. The second-order valence-corrected chi connectivity index (χ2v) is 13.2. The molecule has 0 bridgehead atoms. The molecule has 2 saturated carbocycles. The Labute approximate surface area is 235 Å². The minimum Gasteiger partial charge on any atom is -0.299 e. The fourth-order valence-corrected chi connectivity index (χ4v) is 7.98. The third-order valence-electron chi connectivity index (χ3n) is 10.4. The van der Waals surface area contributed by atoms with Crippen LogP contribution in [-0.2, 0) is 12.7 Å². The number of hydrogen-bond donors (Lipinski definition) is 2. The number of hydrogen-bond acceptors (Lipinski definition) is 5. The smallest absolute Gasteiger partial charge is 0.299 e. The first-order valence-corrected chi connectivity index (χ1v) is 15.4. The maximum absolute atomic E-state index is 14.3. The van der Waals surface area contributed by atoms with Gasteiger partial charge >= 0.3 is 11.9 Å². The van der Waals surface area contributed by atoms with Crippen LogP contribution < -0.4 is 16.5 Å². The number of nitrogens with zero attached hydrogens (tertiary/aromatic N) is 4. The monoisotopic (exact) mass is 562 g/mol. The average molecular weight is 563 g/mol. The summed E-state index contributed by atoms with van der Waals surface area (Å²) in [5, 5.41) is 0. The van der Waals surface area contributed by atoms with Crippen molar-refractivity contribution >= 4 is 5.52 Å². The van der Waals surface area contributed by atoms with Crippen LogP contribution in [0, 0.1) is 23.7 Å². The summed E-state index contributed by atoms with van der Waals surface area (Å²) in [7, 11) is 2.14. The standard InChI is InChI=1S/C30H45F3N6O/c1-20-6-5-12-37(13-11-20)16-21-14-25(30(31,32)33)26-18-38(29(40)39(26)17-21)24-10-4-9-23(15-24)27(22-7-3-8-22)28-35-34-19-36(28)2/h14,17-18,20,22-24,27-28,34-35H,3-13,15-16,19H2,1-2H3/t20?,23?,24?,27-,28?/m1/s1. The highest BCUT2D eigenvalue weighted by atomic mass is 19.4. The van der Waals surface area contributed by atoms with Crippen molar-refractivity contribution in [2.75, 3.05) is 26.8 Å². The van der Waals surface area contributed by atoms with Crippen LogP contribution >= 0.6 is 0 Å². The molecule has 2 aliphatic carbocycles. The van der Waals surface area contributed by atoms with Crippen molar-refractivity contribution in [3.05, 3.63) is 40.1 Å². The van der Waals surface area contributed by atoms with Crippen molar-refractivity contribution in [3.63, 3.8) is 0 Å². The van der Waals surface area contributed by atoms with E-state index in [0.29, 0.717) is 35.8 Å². The minimum atomic E-state index is -4.52. The van der Waals surface area contributed by atoms with Gasteiger partial charge in [-0.2, -0.15) is 13.2 Å². The normalized spacial score (nSPS) is 30.4.